The Morgan fingerprint density at radius 2 is 1.70 bits per heavy atom. The van der Waals surface area contributed by atoms with Gasteiger partial charge >= 0.3 is 0 Å². The first-order chi connectivity index (χ1) is 13.1. The zero-order valence-electron chi connectivity index (χ0n) is 14.7. The SMILES string of the molecule is Cc1cccc(-c2cc(=O)c3cc(NC(=O)c4ccccc4)ccc3o2)c1. The van der Waals surface area contributed by atoms with Gasteiger partial charge in [0.15, 0.2) is 5.43 Å². The molecule has 27 heavy (non-hydrogen) atoms. The molecular weight excluding hydrogens is 338 g/mol. The Bertz CT molecular complexity index is 1190. The standard InChI is InChI=1S/C23H17NO3/c1-15-6-5-9-17(12-15)22-14-20(25)19-13-18(10-11-21(19)27-22)24-23(26)16-7-3-2-4-8-16/h2-14H,1H3,(H,24,26). The van der Waals surface area contributed by atoms with E-state index < -0.39 is 0 Å². The van der Waals surface area contributed by atoms with Crippen LogP contribution in [0, 0.1) is 6.92 Å². The molecule has 0 aliphatic carbocycles. The van der Waals surface area contributed by atoms with E-state index in [0.29, 0.717) is 28.0 Å². The fraction of sp³-hybridized carbons (Fsp3) is 0.0435. The lowest BCUT2D eigenvalue weighted by Gasteiger charge is -2.08. The second kappa shape index (κ2) is 6.92. The van der Waals surface area contributed by atoms with E-state index in [-0.39, 0.29) is 11.3 Å². The van der Waals surface area contributed by atoms with E-state index in [9.17, 15) is 9.59 Å². The molecule has 1 heterocycles. The molecule has 0 fully saturated rings. The molecule has 0 saturated carbocycles. The van der Waals surface area contributed by atoms with E-state index in [4.69, 9.17) is 4.42 Å². The lowest BCUT2D eigenvalue weighted by molar-refractivity contribution is 0.102. The van der Waals surface area contributed by atoms with Gasteiger partial charge in [0.2, 0.25) is 0 Å². The van der Waals surface area contributed by atoms with Gasteiger partial charge in [-0.2, -0.15) is 0 Å². The lowest BCUT2D eigenvalue weighted by Crippen LogP contribution is -2.12. The number of rotatable bonds is 3. The van der Waals surface area contributed by atoms with Gasteiger partial charge in [0.05, 0.1) is 5.39 Å². The van der Waals surface area contributed by atoms with E-state index in [1.807, 2.05) is 37.3 Å². The van der Waals surface area contributed by atoms with E-state index in [1.165, 1.54) is 6.07 Å². The summed E-state index contributed by atoms with van der Waals surface area (Å²) >= 11 is 0. The van der Waals surface area contributed by atoms with Gasteiger partial charge in [-0.05, 0) is 43.3 Å². The number of hydrogen-bond donors (Lipinski definition) is 1. The predicted molar refractivity (Wildman–Crippen MR) is 107 cm³/mol. The van der Waals surface area contributed by atoms with Gasteiger partial charge in [-0.3, -0.25) is 9.59 Å². The second-order valence-corrected chi connectivity index (χ2v) is 6.38. The summed E-state index contributed by atoms with van der Waals surface area (Å²) in [5, 5.41) is 3.24. The van der Waals surface area contributed by atoms with Crippen molar-refractivity contribution in [2.75, 3.05) is 5.32 Å². The van der Waals surface area contributed by atoms with Crippen molar-refractivity contribution in [3.8, 4) is 11.3 Å². The van der Waals surface area contributed by atoms with Gasteiger partial charge in [0.25, 0.3) is 5.91 Å². The first-order valence-electron chi connectivity index (χ1n) is 8.61. The fourth-order valence-electron chi connectivity index (χ4n) is 2.97. The van der Waals surface area contributed by atoms with Crippen molar-refractivity contribution < 1.29 is 9.21 Å². The Balaban J connectivity index is 1.69. The van der Waals surface area contributed by atoms with Crippen LogP contribution in [0.15, 0.2) is 88.1 Å². The highest BCUT2D eigenvalue weighted by molar-refractivity contribution is 6.05. The summed E-state index contributed by atoms with van der Waals surface area (Å²) in [6.07, 6.45) is 0. The van der Waals surface area contributed by atoms with Crippen LogP contribution in [-0.4, -0.2) is 5.91 Å². The number of nitrogens with one attached hydrogen (secondary N) is 1. The average molecular weight is 355 g/mol. The van der Waals surface area contributed by atoms with Crippen molar-refractivity contribution in [2.45, 2.75) is 6.92 Å². The largest absolute Gasteiger partial charge is 0.456 e. The van der Waals surface area contributed by atoms with Crippen LogP contribution >= 0.6 is 0 Å². The number of fused-ring (bicyclic) bond motifs is 1. The molecule has 0 aliphatic rings. The Labute approximate surface area is 156 Å². The first kappa shape index (κ1) is 16.8. The summed E-state index contributed by atoms with van der Waals surface area (Å²) in [4.78, 5) is 24.9. The molecule has 0 atom stereocenters. The first-order valence-corrected chi connectivity index (χ1v) is 8.61. The van der Waals surface area contributed by atoms with Gasteiger partial charge in [-0.15, -0.1) is 0 Å². The molecule has 1 amide bonds. The van der Waals surface area contributed by atoms with E-state index in [0.717, 1.165) is 11.1 Å². The monoisotopic (exact) mass is 355 g/mol. The molecule has 0 bridgehead atoms. The van der Waals surface area contributed by atoms with Crippen LogP contribution in [0.2, 0.25) is 0 Å². The topological polar surface area (TPSA) is 59.3 Å². The number of carbonyl (C=O) groups excluding carboxylic acids is 1. The Morgan fingerprint density at radius 3 is 2.48 bits per heavy atom. The normalized spacial score (nSPS) is 10.7. The van der Waals surface area contributed by atoms with E-state index in [1.54, 1.807) is 42.5 Å². The van der Waals surface area contributed by atoms with E-state index >= 15 is 0 Å². The molecule has 4 nitrogen and oxygen atoms in total. The summed E-state index contributed by atoms with van der Waals surface area (Å²) in [6, 6.07) is 23.3. The maximum Gasteiger partial charge on any atom is 0.255 e. The molecule has 4 aromatic rings. The van der Waals surface area contributed by atoms with Crippen molar-refractivity contribution in [3.63, 3.8) is 0 Å². The van der Waals surface area contributed by atoms with Crippen molar-refractivity contribution in [1.29, 1.82) is 0 Å². The number of carbonyl (C=O) groups is 1. The molecule has 0 radical (unpaired) electrons. The van der Waals surface area contributed by atoms with Crippen LogP contribution < -0.4 is 10.7 Å². The van der Waals surface area contributed by atoms with Crippen molar-refractivity contribution >= 4 is 22.6 Å². The molecule has 0 spiro atoms. The Kier molecular flexibility index (Phi) is 4.30. The number of amides is 1. The highest BCUT2D eigenvalue weighted by Crippen LogP contribution is 2.24. The minimum absolute atomic E-state index is 0.149. The number of anilines is 1. The van der Waals surface area contributed by atoms with E-state index in [2.05, 4.69) is 5.32 Å². The number of aryl methyl sites for hydroxylation is 1. The maximum atomic E-state index is 12.6. The number of hydrogen-bond acceptors (Lipinski definition) is 3. The molecular formula is C23H17NO3. The Hall–Kier alpha value is -3.66. The van der Waals surface area contributed by atoms with Gasteiger partial charge < -0.3 is 9.73 Å². The molecule has 3 aromatic carbocycles. The van der Waals surface area contributed by atoms with Crippen LogP contribution in [0.1, 0.15) is 15.9 Å². The zero-order chi connectivity index (χ0) is 18.8. The van der Waals surface area contributed by atoms with Crippen LogP contribution in [0.3, 0.4) is 0 Å². The summed E-state index contributed by atoms with van der Waals surface area (Å²) in [5.41, 5.74) is 3.39. The number of benzene rings is 3. The minimum atomic E-state index is -0.226. The maximum absolute atomic E-state index is 12.6. The molecule has 0 aliphatic heterocycles. The second-order valence-electron chi connectivity index (χ2n) is 6.38. The molecule has 4 heteroatoms. The van der Waals surface area contributed by atoms with Crippen molar-refractivity contribution in [3.05, 3.63) is 100 Å². The molecule has 0 saturated heterocycles. The van der Waals surface area contributed by atoms with Crippen molar-refractivity contribution in [2.24, 2.45) is 0 Å². The third kappa shape index (κ3) is 3.51. The minimum Gasteiger partial charge on any atom is -0.456 e. The quantitative estimate of drug-likeness (QED) is 0.561. The van der Waals surface area contributed by atoms with Crippen LogP contribution in [0.5, 0.6) is 0 Å². The average Bonchev–Trinajstić information content (AvgIpc) is 2.69. The molecule has 4 rings (SSSR count). The fourth-order valence-corrected chi connectivity index (χ4v) is 2.97. The summed E-state index contributed by atoms with van der Waals surface area (Å²) < 4.78 is 5.92. The van der Waals surface area contributed by atoms with Gasteiger partial charge in [0, 0.05) is 22.9 Å². The highest BCUT2D eigenvalue weighted by atomic mass is 16.3. The van der Waals surface area contributed by atoms with Crippen molar-refractivity contribution in [1.82, 2.24) is 0 Å². The third-order valence-electron chi connectivity index (χ3n) is 4.32. The predicted octanol–water partition coefficient (Wildman–Crippen LogP) is 5.02. The lowest BCUT2D eigenvalue weighted by atomic mass is 10.1. The Morgan fingerprint density at radius 1 is 0.889 bits per heavy atom. The summed E-state index contributed by atoms with van der Waals surface area (Å²) in [5.74, 6) is 0.299. The smallest absolute Gasteiger partial charge is 0.255 e. The molecule has 1 N–H and O–H groups in total. The van der Waals surface area contributed by atoms with Crippen LogP contribution in [0.4, 0.5) is 5.69 Å². The van der Waals surface area contributed by atoms with Gasteiger partial charge in [-0.25, -0.2) is 0 Å². The molecule has 132 valence electrons. The summed E-state index contributed by atoms with van der Waals surface area (Å²) in [7, 11) is 0. The van der Waals surface area contributed by atoms with Crippen LogP contribution in [-0.2, 0) is 0 Å². The molecule has 0 unspecified atom stereocenters. The zero-order valence-corrected chi connectivity index (χ0v) is 14.7. The van der Waals surface area contributed by atoms with Gasteiger partial charge in [-0.1, -0.05) is 42.0 Å². The van der Waals surface area contributed by atoms with Gasteiger partial charge in [0.1, 0.15) is 11.3 Å². The summed E-state index contributed by atoms with van der Waals surface area (Å²) in [6.45, 7) is 1.99. The molecule has 1 aromatic heterocycles. The van der Waals surface area contributed by atoms with Crippen LogP contribution in [0.25, 0.3) is 22.3 Å². The highest BCUT2D eigenvalue weighted by Gasteiger charge is 2.10. The third-order valence-corrected chi connectivity index (χ3v) is 4.32.